The Hall–Kier alpha value is -0.830. The van der Waals surface area contributed by atoms with Gasteiger partial charge in [-0.25, -0.2) is 0 Å². The van der Waals surface area contributed by atoms with E-state index in [2.05, 4.69) is 25.9 Å². The zero-order valence-corrected chi connectivity index (χ0v) is 12.1. The first-order chi connectivity index (χ1) is 8.65. The van der Waals surface area contributed by atoms with Crippen molar-refractivity contribution in [2.24, 2.45) is 0 Å². The third-order valence-electron chi connectivity index (χ3n) is 3.37. The summed E-state index contributed by atoms with van der Waals surface area (Å²) in [6.07, 6.45) is 11.9. The van der Waals surface area contributed by atoms with Crippen molar-refractivity contribution in [1.82, 2.24) is 9.78 Å². The molecule has 1 aromatic rings. The molecule has 0 saturated heterocycles. The fraction of sp³-hybridized carbons (Fsp3) is 0.800. The van der Waals surface area contributed by atoms with Crippen LogP contribution in [0, 0.1) is 0 Å². The second-order valence-electron chi connectivity index (χ2n) is 5.42. The highest BCUT2D eigenvalue weighted by molar-refractivity contribution is 5.08. The zero-order chi connectivity index (χ0) is 13.4. The Morgan fingerprint density at radius 2 is 1.83 bits per heavy atom. The van der Waals surface area contributed by atoms with E-state index in [0.717, 1.165) is 18.4 Å². The average Bonchev–Trinajstić information content (AvgIpc) is 2.83. The highest BCUT2D eigenvalue weighted by Gasteiger charge is 2.10. The van der Waals surface area contributed by atoms with Crippen molar-refractivity contribution >= 4 is 0 Å². The molecule has 0 radical (unpaired) electrons. The maximum absolute atomic E-state index is 10.1. The molecule has 1 atom stereocenters. The van der Waals surface area contributed by atoms with Crippen molar-refractivity contribution in [1.29, 1.82) is 0 Å². The number of hydrogen-bond donors (Lipinski definition) is 1. The fourth-order valence-electron chi connectivity index (χ4n) is 2.09. The lowest BCUT2D eigenvalue weighted by molar-refractivity contribution is 0.163. The van der Waals surface area contributed by atoms with E-state index in [0.29, 0.717) is 6.04 Å². The summed E-state index contributed by atoms with van der Waals surface area (Å²) in [7, 11) is 0. The highest BCUT2D eigenvalue weighted by Crippen LogP contribution is 2.20. The van der Waals surface area contributed by atoms with Gasteiger partial charge in [0.05, 0.1) is 12.3 Å². The van der Waals surface area contributed by atoms with E-state index in [-0.39, 0.29) is 6.10 Å². The van der Waals surface area contributed by atoms with Crippen LogP contribution >= 0.6 is 0 Å². The normalized spacial score (nSPS) is 13.2. The van der Waals surface area contributed by atoms with Crippen molar-refractivity contribution in [2.75, 3.05) is 0 Å². The van der Waals surface area contributed by atoms with Gasteiger partial charge >= 0.3 is 0 Å². The molecule has 1 N–H and O–H groups in total. The first-order valence-corrected chi connectivity index (χ1v) is 7.37. The molecule has 1 aromatic heterocycles. The number of aromatic nitrogens is 2. The van der Waals surface area contributed by atoms with Crippen LogP contribution in [0.5, 0.6) is 0 Å². The van der Waals surface area contributed by atoms with E-state index in [9.17, 15) is 5.11 Å². The molecule has 0 aromatic carbocycles. The van der Waals surface area contributed by atoms with Gasteiger partial charge in [-0.3, -0.25) is 4.68 Å². The third-order valence-corrected chi connectivity index (χ3v) is 3.37. The highest BCUT2D eigenvalue weighted by atomic mass is 16.3. The molecular formula is C15H28N2O. The maximum Gasteiger partial charge on any atom is 0.0820 e. The van der Waals surface area contributed by atoms with E-state index >= 15 is 0 Å². The van der Waals surface area contributed by atoms with E-state index in [1.807, 2.05) is 10.9 Å². The van der Waals surface area contributed by atoms with Crippen LogP contribution in [0.4, 0.5) is 0 Å². The van der Waals surface area contributed by atoms with Crippen LogP contribution in [-0.2, 0) is 0 Å². The van der Waals surface area contributed by atoms with Crippen molar-refractivity contribution in [3.05, 3.63) is 18.0 Å². The summed E-state index contributed by atoms with van der Waals surface area (Å²) in [5, 5.41) is 14.3. The van der Waals surface area contributed by atoms with Crippen molar-refractivity contribution in [3.8, 4) is 0 Å². The van der Waals surface area contributed by atoms with Crippen LogP contribution in [0.25, 0.3) is 0 Å². The Kier molecular flexibility index (Phi) is 7.02. The number of nitrogens with zero attached hydrogens (tertiary/aromatic N) is 2. The molecule has 1 rings (SSSR count). The lowest BCUT2D eigenvalue weighted by Gasteiger charge is -2.08. The van der Waals surface area contributed by atoms with Crippen LogP contribution in [0.3, 0.4) is 0 Å². The number of aliphatic hydroxyl groups excluding tert-OH is 1. The number of hydrogen-bond acceptors (Lipinski definition) is 2. The summed E-state index contributed by atoms with van der Waals surface area (Å²) < 4.78 is 1.90. The SMILES string of the molecule is CCCCCCCCC(O)c1cnn(C(C)C)c1. The Labute approximate surface area is 111 Å². The number of aliphatic hydroxyl groups is 1. The second kappa shape index (κ2) is 8.30. The Balaban J connectivity index is 2.21. The molecule has 1 heterocycles. The molecule has 104 valence electrons. The van der Waals surface area contributed by atoms with Crippen molar-refractivity contribution < 1.29 is 5.11 Å². The van der Waals surface area contributed by atoms with Gasteiger partial charge in [0, 0.05) is 17.8 Å². The first-order valence-electron chi connectivity index (χ1n) is 7.37. The molecule has 0 aliphatic heterocycles. The predicted octanol–water partition coefficient (Wildman–Crippen LogP) is 4.25. The van der Waals surface area contributed by atoms with Gasteiger partial charge < -0.3 is 5.11 Å². The lowest BCUT2D eigenvalue weighted by atomic mass is 10.0. The fourth-order valence-corrected chi connectivity index (χ4v) is 2.09. The number of unbranched alkanes of at least 4 members (excludes halogenated alkanes) is 5. The van der Waals surface area contributed by atoms with Gasteiger partial charge in [-0.05, 0) is 20.3 Å². The second-order valence-corrected chi connectivity index (χ2v) is 5.42. The van der Waals surface area contributed by atoms with Gasteiger partial charge in [0.25, 0.3) is 0 Å². The van der Waals surface area contributed by atoms with Crippen LogP contribution in [0.2, 0.25) is 0 Å². The van der Waals surface area contributed by atoms with E-state index < -0.39 is 0 Å². The van der Waals surface area contributed by atoms with Gasteiger partial charge in [-0.2, -0.15) is 5.10 Å². The molecule has 0 spiro atoms. The predicted molar refractivity (Wildman–Crippen MR) is 75.6 cm³/mol. The van der Waals surface area contributed by atoms with Gasteiger partial charge in [-0.1, -0.05) is 45.4 Å². The third kappa shape index (κ3) is 5.21. The monoisotopic (exact) mass is 252 g/mol. The largest absolute Gasteiger partial charge is 0.388 e. The van der Waals surface area contributed by atoms with Gasteiger partial charge in [0.2, 0.25) is 0 Å². The summed E-state index contributed by atoms with van der Waals surface area (Å²) in [5.74, 6) is 0. The first kappa shape index (κ1) is 15.2. The lowest BCUT2D eigenvalue weighted by Crippen LogP contribution is -2.00. The molecule has 0 fully saturated rings. The summed E-state index contributed by atoms with van der Waals surface area (Å²) in [6.45, 7) is 6.42. The van der Waals surface area contributed by atoms with Crippen molar-refractivity contribution in [2.45, 2.75) is 77.9 Å². The minimum absolute atomic E-state index is 0.344. The van der Waals surface area contributed by atoms with Gasteiger partial charge in [0.1, 0.15) is 0 Å². The Morgan fingerprint density at radius 1 is 1.17 bits per heavy atom. The summed E-state index contributed by atoms with van der Waals surface area (Å²) >= 11 is 0. The van der Waals surface area contributed by atoms with E-state index in [1.165, 1.54) is 32.1 Å². The summed E-state index contributed by atoms with van der Waals surface area (Å²) in [5.41, 5.74) is 0.956. The molecular weight excluding hydrogens is 224 g/mol. The Morgan fingerprint density at radius 3 is 2.44 bits per heavy atom. The summed E-state index contributed by atoms with van der Waals surface area (Å²) in [4.78, 5) is 0. The van der Waals surface area contributed by atoms with Crippen LogP contribution in [0.15, 0.2) is 12.4 Å². The Bertz CT molecular complexity index is 320. The molecule has 0 bridgehead atoms. The van der Waals surface area contributed by atoms with Gasteiger partial charge in [0.15, 0.2) is 0 Å². The molecule has 18 heavy (non-hydrogen) atoms. The standard InChI is InChI=1S/C15H28N2O/c1-4-5-6-7-8-9-10-15(18)14-11-16-17(12-14)13(2)3/h11-13,15,18H,4-10H2,1-3H3. The molecule has 1 unspecified atom stereocenters. The van der Waals surface area contributed by atoms with Gasteiger partial charge in [-0.15, -0.1) is 0 Å². The minimum Gasteiger partial charge on any atom is -0.388 e. The zero-order valence-electron chi connectivity index (χ0n) is 12.1. The molecule has 0 saturated carbocycles. The quantitative estimate of drug-likeness (QED) is 0.667. The van der Waals surface area contributed by atoms with E-state index in [1.54, 1.807) is 6.20 Å². The maximum atomic E-state index is 10.1. The van der Waals surface area contributed by atoms with Crippen molar-refractivity contribution in [3.63, 3.8) is 0 Å². The minimum atomic E-state index is -0.344. The topological polar surface area (TPSA) is 38.1 Å². The average molecular weight is 252 g/mol. The van der Waals surface area contributed by atoms with E-state index in [4.69, 9.17) is 0 Å². The molecule has 3 heteroatoms. The number of rotatable bonds is 9. The smallest absolute Gasteiger partial charge is 0.0820 e. The molecule has 0 aliphatic carbocycles. The van der Waals surface area contributed by atoms with Crippen LogP contribution in [0.1, 0.15) is 83.4 Å². The molecule has 0 amide bonds. The van der Waals surface area contributed by atoms with Crippen LogP contribution in [-0.4, -0.2) is 14.9 Å². The molecule has 0 aliphatic rings. The van der Waals surface area contributed by atoms with Crippen LogP contribution < -0.4 is 0 Å². The summed E-state index contributed by atoms with van der Waals surface area (Å²) in [6, 6.07) is 0.361. The molecule has 3 nitrogen and oxygen atoms in total.